The summed E-state index contributed by atoms with van der Waals surface area (Å²) in [5.41, 5.74) is 1.11. The van der Waals surface area contributed by atoms with Crippen LogP contribution in [0.25, 0.3) is 0 Å². The van der Waals surface area contributed by atoms with E-state index in [1.54, 1.807) is 0 Å². The molecule has 0 fully saturated rings. The Bertz CT molecular complexity index is 345. The third-order valence-corrected chi connectivity index (χ3v) is 4.96. The molecular formula is C11H15Br2NOS. The fourth-order valence-corrected chi connectivity index (χ4v) is 3.33. The largest absolute Gasteiger partial charge is 0.349 e. The molecule has 1 unspecified atom stereocenters. The molecule has 2 nitrogen and oxygen atoms in total. The average molecular weight is 369 g/mol. The van der Waals surface area contributed by atoms with Crippen molar-refractivity contribution in [2.75, 3.05) is 5.33 Å². The van der Waals surface area contributed by atoms with E-state index in [2.05, 4.69) is 44.1 Å². The molecule has 1 aromatic heterocycles. The van der Waals surface area contributed by atoms with Gasteiger partial charge in [0.2, 0.25) is 0 Å². The maximum Gasteiger partial charge on any atom is 0.261 e. The second-order valence-electron chi connectivity index (χ2n) is 3.62. The van der Waals surface area contributed by atoms with Gasteiger partial charge in [0.1, 0.15) is 0 Å². The topological polar surface area (TPSA) is 29.1 Å². The van der Waals surface area contributed by atoms with Crippen molar-refractivity contribution in [3.63, 3.8) is 0 Å². The summed E-state index contributed by atoms with van der Waals surface area (Å²) in [6, 6.07) is 2.18. The molecule has 0 bridgehead atoms. The van der Waals surface area contributed by atoms with Gasteiger partial charge in [-0.1, -0.05) is 22.9 Å². The number of carbonyl (C=O) groups is 1. The summed E-state index contributed by atoms with van der Waals surface area (Å²) < 4.78 is 1.03. The Kier molecular flexibility index (Phi) is 6.00. The summed E-state index contributed by atoms with van der Waals surface area (Å²) in [4.78, 5) is 12.7. The Morgan fingerprint density at radius 3 is 2.75 bits per heavy atom. The van der Waals surface area contributed by atoms with Crippen LogP contribution in [0.1, 0.15) is 35.0 Å². The lowest BCUT2D eigenvalue weighted by atomic mass is 10.1. The van der Waals surface area contributed by atoms with Crippen molar-refractivity contribution in [1.29, 1.82) is 0 Å². The van der Waals surface area contributed by atoms with Crippen LogP contribution in [0.4, 0.5) is 0 Å². The highest BCUT2D eigenvalue weighted by Gasteiger charge is 2.14. The van der Waals surface area contributed by atoms with Crippen molar-refractivity contribution in [1.82, 2.24) is 5.32 Å². The molecule has 0 aliphatic rings. The highest BCUT2D eigenvalue weighted by Crippen LogP contribution is 2.27. The zero-order chi connectivity index (χ0) is 12.1. The van der Waals surface area contributed by atoms with Crippen LogP contribution in [-0.2, 0) is 0 Å². The molecule has 1 N–H and O–H groups in total. The molecule has 90 valence electrons. The Morgan fingerprint density at radius 2 is 2.31 bits per heavy atom. The van der Waals surface area contributed by atoms with Gasteiger partial charge in [0, 0.05) is 11.4 Å². The van der Waals surface area contributed by atoms with Gasteiger partial charge < -0.3 is 5.32 Å². The van der Waals surface area contributed by atoms with Gasteiger partial charge >= 0.3 is 0 Å². The zero-order valence-corrected chi connectivity index (χ0v) is 13.3. The maximum absolute atomic E-state index is 11.9. The number of nitrogens with one attached hydrogen (secondary N) is 1. The van der Waals surface area contributed by atoms with E-state index in [0.717, 1.165) is 32.4 Å². The molecule has 0 saturated carbocycles. The van der Waals surface area contributed by atoms with E-state index in [0.29, 0.717) is 0 Å². The van der Waals surface area contributed by atoms with E-state index in [4.69, 9.17) is 0 Å². The van der Waals surface area contributed by atoms with E-state index in [-0.39, 0.29) is 11.9 Å². The molecule has 0 aromatic carbocycles. The first-order valence-electron chi connectivity index (χ1n) is 5.21. The molecule has 0 radical (unpaired) electrons. The lowest BCUT2D eigenvalue weighted by Crippen LogP contribution is -2.34. The van der Waals surface area contributed by atoms with Crippen LogP contribution < -0.4 is 5.32 Å². The predicted molar refractivity (Wildman–Crippen MR) is 76.7 cm³/mol. The Balaban J connectivity index is 2.64. The quantitative estimate of drug-likeness (QED) is 0.778. The second kappa shape index (κ2) is 6.77. The lowest BCUT2D eigenvalue weighted by molar-refractivity contribution is 0.0939. The highest BCUT2D eigenvalue weighted by atomic mass is 79.9. The minimum Gasteiger partial charge on any atom is -0.349 e. The Hall–Kier alpha value is 0.130. The highest BCUT2D eigenvalue weighted by molar-refractivity contribution is 9.11. The molecule has 0 spiro atoms. The van der Waals surface area contributed by atoms with Crippen molar-refractivity contribution in [3.05, 3.63) is 20.3 Å². The summed E-state index contributed by atoms with van der Waals surface area (Å²) in [5, 5.41) is 3.96. The van der Waals surface area contributed by atoms with Crippen molar-refractivity contribution >= 4 is 49.1 Å². The van der Waals surface area contributed by atoms with Crippen LogP contribution in [0.3, 0.4) is 0 Å². The van der Waals surface area contributed by atoms with E-state index < -0.39 is 0 Å². The number of aryl methyl sites for hydroxylation is 1. The molecule has 0 saturated heterocycles. The standard InChI is InChI=1S/C11H15Br2NOS/c1-3-8(4-5-12)14-11(15)9-6-7(2)10(13)16-9/h6,8H,3-5H2,1-2H3,(H,14,15). The molecule has 16 heavy (non-hydrogen) atoms. The lowest BCUT2D eigenvalue weighted by Gasteiger charge is -2.14. The molecular weight excluding hydrogens is 354 g/mol. The first-order chi connectivity index (χ1) is 7.58. The van der Waals surface area contributed by atoms with Gasteiger partial charge in [-0.25, -0.2) is 0 Å². The zero-order valence-electron chi connectivity index (χ0n) is 9.35. The third-order valence-electron chi connectivity index (χ3n) is 2.37. The average Bonchev–Trinajstić information content (AvgIpc) is 2.58. The third kappa shape index (κ3) is 3.86. The Labute approximate surface area is 117 Å². The van der Waals surface area contributed by atoms with Crippen molar-refractivity contribution in [3.8, 4) is 0 Å². The van der Waals surface area contributed by atoms with Crippen LogP contribution in [0.15, 0.2) is 9.85 Å². The molecule has 5 heteroatoms. The fourth-order valence-electron chi connectivity index (χ4n) is 1.34. The summed E-state index contributed by atoms with van der Waals surface area (Å²) in [6.45, 7) is 4.08. The number of amides is 1. The van der Waals surface area contributed by atoms with Gasteiger partial charge in [-0.2, -0.15) is 0 Å². The van der Waals surface area contributed by atoms with Crippen LogP contribution in [-0.4, -0.2) is 17.3 Å². The summed E-state index contributed by atoms with van der Waals surface area (Å²) in [6.07, 6.45) is 1.93. The van der Waals surface area contributed by atoms with E-state index >= 15 is 0 Å². The van der Waals surface area contributed by atoms with E-state index in [1.807, 2.05) is 13.0 Å². The van der Waals surface area contributed by atoms with Gasteiger partial charge in [-0.15, -0.1) is 11.3 Å². The van der Waals surface area contributed by atoms with Crippen LogP contribution in [0.5, 0.6) is 0 Å². The molecule has 1 rings (SSSR count). The summed E-state index contributed by atoms with van der Waals surface area (Å²) >= 11 is 8.31. The SMILES string of the molecule is CCC(CCBr)NC(=O)c1cc(C)c(Br)s1. The minimum absolute atomic E-state index is 0.0339. The van der Waals surface area contributed by atoms with Gasteiger partial charge in [0.25, 0.3) is 5.91 Å². The minimum atomic E-state index is 0.0339. The van der Waals surface area contributed by atoms with Crippen molar-refractivity contribution in [2.24, 2.45) is 0 Å². The Morgan fingerprint density at radius 1 is 1.62 bits per heavy atom. The summed E-state index contributed by atoms with van der Waals surface area (Å²) in [5.74, 6) is 0.0339. The number of rotatable bonds is 5. The molecule has 1 atom stereocenters. The number of halogens is 2. The number of hydrogen-bond donors (Lipinski definition) is 1. The predicted octanol–water partition coefficient (Wildman–Crippen LogP) is 4.11. The number of alkyl halides is 1. The number of carbonyl (C=O) groups excluding carboxylic acids is 1. The normalized spacial score (nSPS) is 12.5. The fraction of sp³-hybridized carbons (Fsp3) is 0.545. The second-order valence-corrected chi connectivity index (χ2v) is 6.79. The molecule has 0 aliphatic carbocycles. The van der Waals surface area contributed by atoms with E-state index in [9.17, 15) is 4.79 Å². The van der Waals surface area contributed by atoms with Crippen molar-refractivity contribution in [2.45, 2.75) is 32.7 Å². The first-order valence-corrected chi connectivity index (χ1v) is 7.94. The van der Waals surface area contributed by atoms with Crippen LogP contribution >= 0.6 is 43.2 Å². The monoisotopic (exact) mass is 367 g/mol. The smallest absolute Gasteiger partial charge is 0.261 e. The number of thiophene rings is 1. The van der Waals surface area contributed by atoms with Gasteiger partial charge in [-0.3, -0.25) is 4.79 Å². The number of hydrogen-bond acceptors (Lipinski definition) is 2. The van der Waals surface area contributed by atoms with Crippen LogP contribution in [0, 0.1) is 6.92 Å². The summed E-state index contributed by atoms with van der Waals surface area (Å²) in [7, 11) is 0. The van der Waals surface area contributed by atoms with Gasteiger partial charge in [0.15, 0.2) is 0 Å². The van der Waals surface area contributed by atoms with E-state index in [1.165, 1.54) is 11.3 Å². The molecule has 1 heterocycles. The van der Waals surface area contributed by atoms with Gasteiger partial charge in [-0.05, 0) is 47.3 Å². The molecule has 0 aliphatic heterocycles. The first kappa shape index (κ1) is 14.2. The van der Waals surface area contributed by atoms with Gasteiger partial charge in [0.05, 0.1) is 8.66 Å². The van der Waals surface area contributed by atoms with Crippen molar-refractivity contribution < 1.29 is 4.79 Å². The molecule has 1 aromatic rings. The van der Waals surface area contributed by atoms with Crippen LogP contribution in [0.2, 0.25) is 0 Å². The molecule has 1 amide bonds. The maximum atomic E-state index is 11.9.